The van der Waals surface area contributed by atoms with Gasteiger partial charge in [-0.25, -0.2) is 22.3 Å². The molecule has 1 atom stereocenters. The zero-order valence-corrected chi connectivity index (χ0v) is 24.1. The second-order valence-corrected chi connectivity index (χ2v) is 13.5. The first kappa shape index (κ1) is 29.4. The Labute approximate surface area is 245 Å². The molecule has 0 aromatic heterocycles. The number of amides is 1. The third-order valence-corrected chi connectivity index (χ3v) is 10.9. The molecule has 1 fully saturated rings. The highest BCUT2D eigenvalue weighted by Gasteiger charge is 2.43. The normalized spacial score (nSPS) is 16.8. The van der Waals surface area contributed by atoms with Gasteiger partial charge in [0.05, 0.1) is 9.79 Å². The molecule has 1 aliphatic heterocycles. The van der Waals surface area contributed by atoms with Gasteiger partial charge in [0, 0.05) is 19.6 Å². The Hall–Kier alpha value is -4.13. The Kier molecular flexibility index (Phi) is 8.66. The molecule has 1 aliphatic rings. The highest BCUT2D eigenvalue weighted by molar-refractivity contribution is 7.89. The lowest BCUT2D eigenvalue weighted by Gasteiger charge is -2.38. The Balaban J connectivity index is 1.34. The van der Waals surface area contributed by atoms with Crippen molar-refractivity contribution in [2.45, 2.75) is 15.8 Å². The van der Waals surface area contributed by atoms with Crippen molar-refractivity contribution >= 4 is 38.1 Å². The molecule has 9 nitrogen and oxygen atoms in total. The maximum absolute atomic E-state index is 13.6. The molecule has 1 saturated heterocycles. The summed E-state index contributed by atoms with van der Waals surface area (Å²) in [5, 5.41) is 9.38. The van der Waals surface area contributed by atoms with Crippen molar-refractivity contribution in [1.82, 2.24) is 14.1 Å². The number of rotatable bonds is 8. The van der Waals surface area contributed by atoms with E-state index in [9.17, 15) is 26.8 Å². The third-order valence-electron chi connectivity index (χ3n) is 7.06. The van der Waals surface area contributed by atoms with E-state index < -0.39 is 38.5 Å². The lowest BCUT2D eigenvalue weighted by atomic mass is 10.1. The molecule has 0 bridgehead atoms. The molecule has 1 heterocycles. The monoisotopic (exact) mass is 603 g/mol. The van der Waals surface area contributed by atoms with E-state index in [0.717, 1.165) is 30.9 Å². The number of hydrogen-bond acceptors (Lipinski definition) is 6. The van der Waals surface area contributed by atoms with E-state index in [0.29, 0.717) is 0 Å². The van der Waals surface area contributed by atoms with E-state index in [-0.39, 0.29) is 22.9 Å². The number of nitrogens with one attached hydrogen (secondary N) is 1. The molecular weight excluding hydrogens is 574 g/mol. The summed E-state index contributed by atoms with van der Waals surface area (Å²) in [7, 11) is -8.27. The number of carbonyl (C=O) groups excluding carboxylic acids is 1. The average Bonchev–Trinajstić information content (AvgIpc) is 3.04. The first-order chi connectivity index (χ1) is 20.2. The van der Waals surface area contributed by atoms with Gasteiger partial charge >= 0.3 is 0 Å². The molecular formula is C31H29N3O6S2. The quantitative estimate of drug-likeness (QED) is 0.178. The molecule has 4 aromatic rings. The summed E-state index contributed by atoms with van der Waals surface area (Å²) in [6, 6.07) is 30.1. The highest BCUT2D eigenvalue weighted by Crippen LogP contribution is 2.28. The van der Waals surface area contributed by atoms with Crippen molar-refractivity contribution in [2.75, 3.05) is 19.6 Å². The molecule has 4 aromatic carbocycles. The van der Waals surface area contributed by atoms with E-state index >= 15 is 0 Å². The number of hydroxylamine groups is 1. The van der Waals surface area contributed by atoms with Crippen LogP contribution in [0.3, 0.4) is 0 Å². The fourth-order valence-corrected chi connectivity index (χ4v) is 7.79. The Bertz CT molecular complexity index is 1780. The minimum Gasteiger partial charge on any atom is -0.289 e. The van der Waals surface area contributed by atoms with Crippen molar-refractivity contribution in [2.24, 2.45) is 0 Å². The van der Waals surface area contributed by atoms with Gasteiger partial charge in [0.1, 0.15) is 6.04 Å². The third kappa shape index (κ3) is 6.20. The number of nitrogens with zero attached hydrogens (tertiary/aromatic N) is 2. The van der Waals surface area contributed by atoms with Gasteiger partial charge in [-0.15, -0.1) is 0 Å². The molecule has 0 aliphatic carbocycles. The predicted octanol–water partition coefficient (Wildman–Crippen LogP) is 4.09. The standard InChI is InChI=1S/C31H29N3O6S2/c35-31(32-36)30-23-33(41(37,38)28-17-13-25(14-18-28)12-11-24-7-3-1-4-8-24)21-22-34(30)42(39,40)29-19-15-27(16-20-29)26-9-5-2-6-10-26/h1-20,30,36H,21-23H2,(H,32,35)/b12-11+. The van der Waals surface area contributed by atoms with Crippen LogP contribution in [0.4, 0.5) is 0 Å². The van der Waals surface area contributed by atoms with Gasteiger partial charge in [0.15, 0.2) is 0 Å². The Morgan fingerprint density at radius 2 is 1.17 bits per heavy atom. The van der Waals surface area contributed by atoms with Crippen LogP contribution >= 0.6 is 0 Å². The molecule has 216 valence electrons. The second-order valence-electron chi connectivity index (χ2n) is 9.67. The van der Waals surface area contributed by atoms with Crippen LogP contribution in [-0.4, -0.2) is 62.2 Å². The van der Waals surface area contributed by atoms with Gasteiger partial charge in [-0.2, -0.15) is 8.61 Å². The predicted molar refractivity (Wildman–Crippen MR) is 160 cm³/mol. The van der Waals surface area contributed by atoms with Gasteiger partial charge in [0.2, 0.25) is 20.0 Å². The molecule has 2 N–H and O–H groups in total. The maximum atomic E-state index is 13.6. The van der Waals surface area contributed by atoms with Gasteiger partial charge in [-0.3, -0.25) is 10.0 Å². The van der Waals surface area contributed by atoms with Crippen molar-refractivity contribution in [3.63, 3.8) is 0 Å². The zero-order chi connectivity index (χ0) is 29.7. The van der Waals surface area contributed by atoms with Crippen LogP contribution in [0.25, 0.3) is 23.3 Å². The Morgan fingerprint density at radius 1 is 0.667 bits per heavy atom. The minimum absolute atomic E-state index is 0.00956. The van der Waals surface area contributed by atoms with E-state index in [1.165, 1.54) is 29.7 Å². The summed E-state index contributed by atoms with van der Waals surface area (Å²) in [6.07, 6.45) is 3.78. The van der Waals surface area contributed by atoms with Crippen molar-refractivity contribution in [3.8, 4) is 11.1 Å². The molecule has 0 spiro atoms. The lowest BCUT2D eigenvalue weighted by Crippen LogP contribution is -2.61. The van der Waals surface area contributed by atoms with E-state index in [1.807, 2.05) is 72.8 Å². The van der Waals surface area contributed by atoms with Gasteiger partial charge in [0.25, 0.3) is 5.91 Å². The fraction of sp³-hybridized carbons (Fsp3) is 0.129. The van der Waals surface area contributed by atoms with Crippen LogP contribution in [-0.2, 0) is 24.8 Å². The first-order valence-corrected chi connectivity index (χ1v) is 16.0. The van der Waals surface area contributed by atoms with Crippen LogP contribution in [0.1, 0.15) is 11.1 Å². The summed E-state index contributed by atoms with van der Waals surface area (Å²) in [5.41, 5.74) is 5.02. The summed E-state index contributed by atoms with van der Waals surface area (Å²) < 4.78 is 56.1. The molecule has 42 heavy (non-hydrogen) atoms. The second kappa shape index (κ2) is 12.4. The summed E-state index contributed by atoms with van der Waals surface area (Å²) >= 11 is 0. The SMILES string of the molecule is O=C(NO)C1CN(S(=O)(=O)c2ccc(/C=C/c3ccccc3)cc2)CCN1S(=O)(=O)c1ccc(-c2ccccc2)cc1. The summed E-state index contributed by atoms with van der Waals surface area (Å²) in [6.45, 7) is -0.918. The van der Waals surface area contributed by atoms with E-state index in [2.05, 4.69) is 0 Å². The van der Waals surface area contributed by atoms with E-state index in [1.54, 1.807) is 24.3 Å². The number of sulfonamides is 2. The number of hydrogen-bond donors (Lipinski definition) is 2. The summed E-state index contributed by atoms with van der Waals surface area (Å²) in [4.78, 5) is 12.6. The van der Waals surface area contributed by atoms with Crippen LogP contribution in [0.15, 0.2) is 119 Å². The van der Waals surface area contributed by atoms with Gasteiger partial charge in [-0.1, -0.05) is 97.1 Å². The molecule has 5 rings (SSSR count). The zero-order valence-electron chi connectivity index (χ0n) is 22.4. The molecule has 0 saturated carbocycles. The number of benzene rings is 4. The van der Waals surface area contributed by atoms with Crippen molar-refractivity contribution < 1.29 is 26.8 Å². The molecule has 1 unspecified atom stereocenters. The first-order valence-electron chi connectivity index (χ1n) is 13.1. The van der Waals surface area contributed by atoms with Gasteiger partial charge < -0.3 is 0 Å². The Morgan fingerprint density at radius 3 is 1.76 bits per heavy atom. The van der Waals surface area contributed by atoms with Crippen LogP contribution in [0, 0.1) is 0 Å². The maximum Gasteiger partial charge on any atom is 0.263 e. The number of piperazine rings is 1. The fourth-order valence-electron chi connectivity index (χ4n) is 4.78. The van der Waals surface area contributed by atoms with Crippen molar-refractivity contribution in [1.29, 1.82) is 0 Å². The molecule has 11 heteroatoms. The smallest absolute Gasteiger partial charge is 0.263 e. The average molecular weight is 604 g/mol. The number of carbonyl (C=O) groups is 1. The molecule has 1 amide bonds. The van der Waals surface area contributed by atoms with Crippen LogP contribution in [0.2, 0.25) is 0 Å². The largest absolute Gasteiger partial charge is 0.289 e. The molecule has 0 radical (unpaired) electrons. The van der Waals surface area contributed by atoms with E-state index in [4.69, 9.17) is 0 Å². The lowest BCUT2D eigenvalue weighted by molar-refractivity contribution is -0.134. The van der Waals surface area contributed by atoms with Crippen LogP contribution in [0.5, 0.6) is 0 Å². The minimum atomic E-state index is -4.20. The summed E-state index contributed by atoms with van der Waals surface area (Å²) in [5.74, 6) is -1.03. The van der Waals surface area contributed by atoms with Crippen LogP contribution < -0.4 is 5.48 Å². The highest BCUT2D eigenvalue weighted by atomic mass is 32.2. The van der Waals surface area contributed by atoms with Crippen molar-refractivity contribution in [3.05, 3.63) is 120 Å². The topological polar surface area (TPSA) is 124 Å². The van der Waals surface area contributed by atoms with Gasteiger partial charge in [-0.05, 0) is 46.5 Å².